The van der Waals surface area contributed by atoms with E-state index in [1.54, 1.807) is 6.07 Å². The first-order valence-electron chi connectivity index (χ1n) is 12.9. The number of aromatic nitrogens is 2. The molecule has 2 nitrogen and oxygen atoms in total. The van der Waals surface area contributed by atoms with Gasteiger partial charge in [-0.3, -0.25) is 0 Å². The third-order valence-corrected chi connectivity index (χ3v) is 6.33. The minimum atomic E-state index is -0.145. The molecule has 176 valence electrons. The summed E-state index contributed by atoms with van der Waals surface area (Å²) in [5, 5.41) is 0. The topological polar surface area (TPSA) is 25.8 Å². The lowest BCUT2D eigenvalue weighted by Crippen LogP contribution is -1.94. The largest absolute Gasteiger partial charge is 0.236 e. The van der Waals surface area contributed by atoms with E-state index >= 15 is 0 Å². The van der Waals surface area contributed by atoms with E-state index in [0.717, 1.165) is 41.8 Å². The molecule has 1 heterocycles. The Labute approximate surface area is 199 Å². The lowest BCUT2D eigenvalue weighted by atomic mass is 9.99. The van der Waals surface area contributed by atoms with Crippen molar-refractivity contribution in [2.45, 2.75) is 90.9 Å². The quantitative estimate of drug-likeness (QED) is 0.231. The van der Waals surface area contributed by atoms with Crippen LogP contribution >= 0.6 is 0 Å². The number of rotatable bonds is 14. The van der Waals surface area contributed by atoms with Crippen LogP contribution in [0.15, 0.2) is 54.9 Å². The second kappa shape index (κ2) is 13.9. The van der Waals surface area contributed by atoms with Gasteiger partial charge in [0.25, 0.3) is 0 Å². The predicted octanol–water partition coefficient (Wildman–Crippen LogP) is 8.98. The van der Waals surface area contributed by atoms with Gasteiger partial charge in [-0.2, -0.15) is 0 Å². The van der Waals surface area contributed by atoms with E-state index in [4.69, 9.17) is 0 Å². The van der Waals surface area contributed by atoms with Gasteiger partial charge in [0.2, 0.25) is 0 Å². The number of hydrogen-bond acceptors (Lipinski definition) is 2. The summed E-state index contributed by atoms with van der Waals surface area (Å²) in [6.07, 6.45) is 18.4. The smallest absolute Gasteiger partial charge is 0.159 e. The SMILES string of the molecule is CCCCCCCc1cnc(-c2ccc(-c3ccc(CCCCCCC)cc3F)cc2)nc1. The average molecular weight is 447 g/mol. The van der Waals surface area contributed by atoms with Crippen LogP contribution in [0.1, 0.15) is 89.2 Å². The van der Waals surface area contributed by atoms with Gasteiger partial charge in [-0.1, -0.05) is 102 Å². The van der Waals surface area contributed by atoms with Crippen LogP contribution in [0.25, 0.3) is 22.5 Å². The van der Waals surface area contributed by atoms with E-state index in [-0.39, 0.29) is 5.82 Å². The monoisotopic (exact) mass is 446 g/mol. The lowest BCUT2D eigenvalue weighted by molar-refractivity contribution is 0.618. The second-order valence-corrected chi connectivity index (χ2v) is 9.13. The molecule has 3 heteroatoms. The molecule has 2 aromatic carbocycles. The van der Waals surface area contributed by atoms with Crippen molar-refractivity contribution >= 4 is 0 Å². The third kappa shape index (κ3) is 8.07. The van der Waals surface area contributed by atoms with Crippen LogP contribution in [0.3, 0.4) is 0 Å². The van der Waals surface area contributed by atoms with Gasteiger partial charge < -0.3 is 0 Å². The summed E-state index contributed by atoms with van der Waals surface area (Å²) in [5.41, 5.74) is 4.77. The molecule has 0 N–H and O–H groups in total. The van der Waals surface area contributed by atoms with Crippen LogP contribution in [-0.2, 0) is 12.8 Å². The molecule has 33 heavy (non-hydrogen) atoms. The second-order valence-electron chi connectivity index (χ2n) is 9.13. The molecule has 0 spiro atoms. The molecule has 0 unspecified atom stereocenters. The zero-order valence-corrected chi connectivity index (χ0v) is 20.5. The van der Waals surface area contributed by atoms with Crippen molar-refractivity contribution in [1.29, 1.82) is 0 Å². The van der Waals surface area contributed by atoms with Crippen molar-refractivity contribution in [2.24, 2.45) is 0 Å². The highest BCUT2D eigenvalue weighted by Gasteiger charge is 2.08. The number of nitrogens with zero attached hydrogens (tertiary/aromatic N) is 2. The van der Waals surface area contributed by atoms with Crippen LogP contribution < -0.4 is 0 Å². The Kier molecular flexibility index (Phi) is 10.5. The molecule has 0 aliphatic carbocycles. The van der Waals surface area contributed by atoms with E-state index in [1.807, 2.05) is 42.7 Å². The fourth-order valence-electron chi connectivity index (χ4n) is 4.25. The summed E-state index contributed by atoms with van der Waals surface area (Å²) in [7, 11) is 0. The first-order chi connectivity index (χ1) is 16.2. The zero-order chi connectivity index (χ0) is 23.3. The van der Waals surface area contributed by atoms with Crippen LogP contribution in [0.5, 0.6) is 0 Å². The Morgan fingerprint density at radius 2 is 1.15 bits per heavy atom. The minimum Gasteiger partial charge on any atom is -0.236 e. The molecule has 0 atom stereocenters. The maximum Gasteiger partial charge on any atom is 0.159 e. The molecule has 0 aliphatic heterocycles. The summed E-state index contributed by atoms with van der Waals surface area (Å²) in [6, 6.07) is 13.6. The molecular weight excluding hydrogens is 407 g/mol. The van der Waals surface area contributed by atoms with Crippen LogP contribution in [0.4, 0.5) is 4.39 Å². The standard InChI is InChI=1S/C30H39FN2/c1-3-5-7-9-11-13-24-15-20-28(29(31)21-24)26-16-18-27(19-17-26)30-32-22-25(23-33-30)14-12-10-8-6-4-2/h15-23H,3-14H2,1-2H3. The van der Waals surface area contributed by atoms with E-state index in [9.17, 15) is 4.39 Å². The number of halogens is 1. The van der Waals surface area contributed by atoms with Crippen molar-refractivity contribution in [1.82, 2.24) is 9.97 Å². The van der Waals surface area contributed by atoms with Crippen LogP contribution in [-0.4, -0.2) is 9.97 Å². The summed E-state index contributed by atoms with van der Waals surface area (Å²) in [4.78, 5) is 9.11. The van der Waals surface area contributed by atoms with Crippen molar-refractivity contribution in [3.63, 3.8) is 0 Å². The van der Waals surface area contributed by atoms with Crippen molar-refractivity contribution < 1.29 is 4.39 Å². The van der Waals surface area contributed by atoms with Gasteiger partial charge in [0.1, 0.15) is 5.82 Å². The highest BCUT2D eigenvalue weighted by molar-refractivity contribution is 5.68. The van der Waals surface area contributed by atoms with Gasteiger partial charge in [-0.25, -0.2) is 14.4 Å². The molecule has 0 radical (unpaired) electrons. The van der Waals surface area contributed by atoms with Gasteiger partial charge in [0, 0.05) is 23.5 Å². The van der Waals surface area contributed by atoms with Gasteiger partial charge in [0.15, 0.2) is 5.82 Å². The fourth-order valence-corrected chi connectivity index (χ4v) is 4.25. The maximum atomic E-state index is 14.8. The normalized spacial score (nSPS) is 11.1. The predicted molar refractivity (Wildman–Crippen MR) is 138 cm³/mol. The first kappa shape index (κ1) is 25.1. The molecule has 0 bridgehead atoms. The first-order valence-corrected chi connectivity index (χ1v) is 12.9. The zero-order valence-electron chi connectivity index (χ0n) is 20.5. The Bertz CT molecular complexity index is 948. The Hall–Kier alpha value is -2.55. The molecule has 0 saturated heterocycles. The van der Waals surface area contributed by atoms with Crippen LogP contribution in [0.2, 0.25) is 0 Å². The molecule has 0 aliphatic rings. The number of hydrogen-bond donors (Lipinski definition) is 0. The molecule has 0 saturated carbocycles. The molecule has 3 rings (SSSR count). The van der Waals surface area contributed by atoms with E-state index in [0.29, 0.717) is 5.56 Å². The molecule has 3 aromatic rings. The Morgan fingerprint density at radius 1 is 0.606 bits per heavy atom. The van der Waals surface area contributed by atoms with Crippen molar-refractivity contribution in [3.8, 4) is 22.5 Å². The summed E-state index contributed by atoms with van der Waals surface area (Å²) in [6.45, 7) is 4.46. The summed E-state index contributed by atoms with van der Waals surface area (Å²) in [5.74, 6) is 0.573. The van der Waals surface area contributed by atoms with Gasteiger partial charge in [-0.05, 0) is 48.4 Å². The number of unbranched alkanes of at least 4 members (excludes halogenated alkanes) is 8. The highest BCUT2D eigenvalue weighted by atomic mass is 19.1. The number of aryl methyl sites for hydroxylation is 2. The van der Waals surface area contributed by atoms with E-state index < -0.39 is 0 Å². The Morgan fingerprint density at radius 3 is 1.73 bits per heavy atom. The van der Waals surface area contributed by atoms with Gasteiger partial charge in [-0.15, -0.1) is 0 Å². The number of benzene rings is 2. The van der Waals surface area contributed by atoms with Crippen LogP contribution in [0, 0.1) is 5.82 Å². The molecule has 0 fully saturated rings. The Balaban J connectivity index is 1.56. The highest BCUT2D eigenvalue weighted by Crippen LogP contribution is 2.27. The molecule has 0 amide bonds. The van der Waals surface area contributed by atoms with Crippen molar-refractivity contribution in [2.75, 3.05) is 0 Å². The molecule has 1 aromatic heterocycles. The average Bonchev–Trinajstić information content (AvgIpc) is 2.84. The lowest BCUT2D eigenvalue weighted by Gasteiger charge is -2.08. The van der Waals surface area contributed by atoms with E-state index in [2.05, 4.69) is 29.9 Å². The van der Waals surface area contributed by atoms with E-state index in [1.165, 1.54) is 63.4 Å². The van der Waals surface area contributed by atoms with Crippen molar-refractivity contribution in [3.05, 3.63) is 71.8 Å². The summed E-state index contributed by atoms with van der Waals surface area (Å²) >= 11 is 0. The third-order valence-electron chi connectivity index (χ3n) is 6.33. The molecular formula is C30H39FN2. The van der Waals surface area contributed by atoms with Gasteiger partial charge in [0.05, 0.1) is 0 Å². The summed E-state index contributed by atoms with van der Waals surface area (Å²) < 4.78 is 14.8. The minimum absolute atomic E-state index is 0.145. The van der Waals surface area contributed by atoms with Gasteiger partial charge >= 0.3 is 0 Å². The fraction of sp³-hybridized carbons (Fsp3) is 0.467. The maximum absolute atomic E-state index is 14.8.